The van der Waals surface area contributed by atoms with Crippen LogP contribution in [0.2, 0.25) is 0 Å². The first-order valence-corrected chi connectivity index (χ1v) is 11.4. The maximum absolute atomic E-state index is 13.1. The van der Waals surface area contributed by atoms with Gasteiger partial charge in [0.1, 0.15) is 28.2 Å². The zero-order valence-electron chi connectivity index (χ0n) is 17.8. The van der Waals surface area contributed by atoms with Crippen molar-refractivity contribution < 1.29 is 32.2 Å². The van der Waals surface area contributed by atoms with Crippen LogP contribution in [0.5, 0.6) is 11.5 Å². The average Bonchev–Trinajstić information content (AvgIpc) is 3.38. The number of methoxy groups -OCH3 is 2. The van der Waals surface area contributed by atoms with E-state index in [0.29, 0.717) is 35.3 Å². The van der Waals surface area contributed by atoms with E-state index in [2.05, 4.69) is 14.9 Å². The number of aliphatic hydroxyl groups is 1. The Morgan fingerprint density at radius 3 is 2.47 bits per heavy atom. The number of furan rings is 1. The summed E-state index contributed by atoms with van der Waals surface area (Å²) in [6.45, 7) is 1.94. The molecular formula is C20H24N4O7S. The zero-order valence-corrected chi connectivity index (χ0v) is 18.6. The molecule has 1 aromatic carbocycles. The van der Waals surface area contributed by atoms with Gasteiger partial charge in [-0.15, -0.1) is 10.2 Å². The van der Waals surface area contributed by atoms with Gasteiger partial charge in [0.2, 0.25) is 21.8 Å². The number of hydrogen-bond donors (Lipinski definition) is 2. The topological polar surface area (TPSA) is 138 Å². The molecule has 1 aliphatic rings. The van der Waals surface area contributed by atoms with Crippen LogP contribution >= 0.6 is 0 Å². The Kier molecular flexibility index (Phi) is 6.09. The summed E-state index contributed by atoms with van der Waals surface area (Å²) in [5.74, 6) is 1.93. The number of ether oxygens (including phenoxy) is 3. The van der Waals surface area contributed by atoms with Crippen LogP contribution in [0.15, 0.2) is 34.7 Å². The van der Waals surface area contributed by atoms with Gasteiger partial charge in [-0.2, -0.15) is 0 Å². The molecule has 0 radical (unpaired) electrons. The lowest BCUT2D eigenvalue weighted by Crippen LogP contribution is -2.45. The number of rotatable bonds is 7. The van der Waals surface area contributed by atoms with Crippen molar-refractivity contribution in [2.45, 2.75) is 24.7 Å². The Labute approximate surface area is 185 Å². The Morgan fingerprint density at radius 1 is 1.16 bits per heavy atom. The molecule has 3 aromatic rings. The zero-order chi connectivity index (χ0) is 22.9. The van der Waals surface area contributed by atoms with Crippen LogP contribution in [0.4, 0.5) is 5.95 Å². The number of sulfonamides is 1. The highest BCUT2D eigenvalue weighted by molar-refractivity contribution is 7.93. The summed E-state index contributed by atoms with van der Waals surface area (Å²) < 4.78 is 52.1. The number of nitrogens with zero attached hydrogens (tertiary/aromatic N) is 3. The second kappa shape index (κ2) is 8.81. The quantitative estimate of drug-likeness (QED) is 0.535. The number of para-hydroxylation sites is 1. The molecule has 0 bridgehead atoms. The molecule has 3 heterocycles. The molecule has 1 saturated heterocycles. The maximum Gasteiger partial charge on any atom is 0.243 e. The van der Waals surface area contributed by atoms with E-state index in [1.54, 1.807) is 37.3 Å². The number of anilines is 1. The average molecular weight is 465 g/mol. The molecular weight excluding hydrogens is 440 g/mol. The highest BCUT2D eigenvalue weighted by Crippen LogP contribution is 2.38. The van der Waals surface area contributed by atoms with Crippen molar-refractivity contribution in [3.63, 3.8) is 0 Å². The van der Waals surface area contributed by atoms with Crippen LogP contribution in [0.3, 0.4) is 0 Å². The maximum atomic E-state index is 13.1. The highest BCUT2D eigenvalue weighted by Gasteiger charge is 2.37. The summed E-state index contributed by atoms with van der Waals surface area (Å²) >= 11 is 0. The van der Waals surface area contributed by atoms with Gasteiger partial charge in [0.05, 0.1) is 26.9 Å². The Hall–Kier alpha value is -3.09. The Bertz CT molecular complexity index is 1180. The van der Waals surface area contributed by atoms with Crippen LogP contribution in [0, 0.1) is 6.92 Å². The second-order valence-electron chi connectivity index (χ2n) is 7.22. The number of aryl methyl sites for hydroxylation is 1. The number of hydrogen-bond acceptors (Lipinski definition) is 9. The third-order valence-electron chi connectivity index (χ3n) is 5.15. The normalized spacial score (nSPS) is 19.0. The van der Waals surface area contributed by atoms with Crippen molar-refractivity contribution in [1.82, 2.24) is 14.8 Å². The van der Waals surface area contributed by atoms with Crippen LogP contribution < -0.4 is 14.2 Å². The molecule has 1 fully saturated rings. The molecule has 0 saturated carbocycles. The van der Waals surface area contributed by atoms with Gasteiger partial charge in [-0.05, 0) is 37.6 Å². The molecule has 12 heteroatoms. The molecule has 0 spiro atoms. The summed E-state index contributed by atoms with van der Waals surface area (Å²) in [6.07, 6.45) is -0.846. The molecule has 1 aliphatic heterocycles. The van der Waals surface area contributed by atoms with Crippen LogP contribution in [0.25, 0.3) is 17.3 Å². The highest BCUT2D eigenvalue weighted by atomic mass is 32.2. The van der Waals surface area contributed by atoms with Gasteiger partial charge in [0.25, 0.3) is 0 Å². The van der Waals surface area contributed by atoms with Gasteiger partial charge in [-0.25, -0.2) is 8.42 Å². The van der Waals surface area contributed by atoms with Crippen molar-refractivity contribution in [1.29, 1.82) is 0 Å². The molecule has 172 valence electrons. The molecule has 11 nitrogen and oxygen atoms in total. The van der Waals surface area contributed by atoms with Crippen LogP contribution in [-0.4, -0.2) is 67.1 Å². The molecule has 0 unspecified atom stereocenters. The van der Waals surface area contributed by atoms with Crippen LogP contribution in [-0.2, 0) is 14.8 Å². The SMILES string of the molecule is COc1cccc(OC)c1-n1c(NS(=O)(=O)[C@H]2COCC[C@@H]2O)nnc1-c1ccc(C)o1. The monoisotopic (exact) mass is 464 g/mol. The van der Waals surface area contributed by atoms with E-state index >= 15 is 0 Å². The first-order valence-electron chi connectivity index (χ1n) is 9.86. The molecule has 0 amide bonds. The predicted molar refractivity (Wildman–Crippen MR) is 115 cm³/mol. The van der Waals surface area contributed by atoms with Crippen molar-refractivity contribution >= 4 is 16.0 Å². The van der Waals surface area contributed by atoms with Gasteiger partial charge < -0.3 is 23.7 Å². The molecule has 32 heavy (non-hydrogen) atoms. The van der Waals surface area contributed by atoms with E-state index < -0.39 is 21.4 Å². The number of benzene rings is 1. The smallest absolute Gasteiger partial charge is 0.243 e. The molecule has 2 atom stereocenters. The second-order valence-corrected chi connectivity index (χ2v) is 9.12. The third-order valence-corrected chi connectivity index (χ3v) is 6.87. The first kappa shape index (κ1) is 22.1. The summed E-state index contributed by atoms with van der Waals surface area (Å²) in [5, 5.41) is 17.3. The first-order chi connectivity index (χ1) is 15.4. The molecule has 2 N–H and O–H groups in total. The van der Waals surface area contributed by atoms with E-state index in [-0.39, 0.29) is 24.8 Å². The standard InChI is InChI=1S/C20H24N4O7S/c1-12-7-8-16(31-12)19-21-22-20(23-32(26,27)17-11-30-10-9-13(17)25)24(19)18-14(28-2)5-4-6-15(18)29-3/h4-8,13,17,25H,9-11H2,1-3H3,(H,22,23)/t13-,17-/m0/s1. The lowest BCUT2D eigenvalue weighted by atomic mass is 10.1. The number of aromatic nitrogens is 3. The van der Waals surface area contributed by atoms with E-state index in [1.165, 1.54) is 18.8 Å². The third kappa shape index (κ3) is 4.04. The fourth-order valence-electron chi connectivity index (χ4n) is 3.53. The molecule has 2 aromatic heterocycles. The van der Waals surface area contributed by atoms with Crippen LogP contribution in [0.1, 0.15) is 12.2 Å². The molecule has 0 aliphatic carbocycles. The van der Waals surface area contributed by atoms with E-state index in [0.717, 1.165) is 0 Å². The fraction of sp³-hybridized carbons (Fsp3) is 0.400. The Balaban J connectivity index is 1.88. The van der Waals surface area contributed by atoms with Gasteiger partial charge in [-0.3, -0.25) is 9.29 Å². The lowest BCUT2D eigenvalue weighted by Gasteiger charge is -2.27. The summed E-state index contributed by atoms with van der Waals surface area (Å²) in [7, 11) is -1.11. The molecule has 4 rings (SSSR count). The number of aliphatic hydroxyl groups excluding tert-OH is 1. The fourth-order valence-corrected chi connectivity index (χ4v) is 4.89. The van der Waals surface area contributed by atoms with E-state index in [9.17, 15) is 13.5 Å². The number of nitrogens with one attached hydrogen (secondary N) is 1. The van der Waals surface area contributed by atoms with Gasteiger partial charge in [0, 0.05) is 6.61 Å². The van der Waals surface area contributed by atoms with Crippen molar-refractivity contribution in [2.24, 2.45) is 0 Å². The van der Waals surface area contributed by atoms with E-state index in [1.807, 2.05) is 0 Å². The summed E-state index contributed by atoms with van der Waals surface area (Å²) in [4.78, 5) is 0. The minimum absolute atomic E-state index is 0.116. The largest absolute Gasteiger partial charge is 0.494 e. The van der Waals surface area contributed by atoms with Crippen molar-refractivity contribution in [2.75, 3.05) is 32.2 Å². The van der Waals surface area contributed by atoms with Gasteiger partial charge >= 0.3 is 0 Å². The minimum atomic E-state index is -4.08. The van der Waals surface area contributed by atoms with Crippen molar-refractivity contribution in [3.8, 4) is 28.8 Å². The lowest BCUT2D eigenvalue weighted by molar-refractivity contribution is 0.0177. The van der Waals surface area contributed by atoms with E-state index in [4.69, 9.17) is 18.6 Å². The van der Waals surface area contributed by atoms with Gasteiger partial charge in [0.15, 0.2) is 5.76 Å². The van der Waals surface area contributed by atoms with Gasteiger partial charge in [-0.1, -0.05) is 6.07 Å². The van der Waals surface area contributed by atoms with Crippen molar-refractivity contribution in [3.05, 3.63) is 36.1 Å². The predicted octanol–water partition coefficient (Wildman–Crippen LogP) is 1.74. The Morgan fingerprint density at radius 2 is 1.88 bits per heavy atom. The minimum Gasteiger partial charge on any atom is -0.494 e. The summed E-state index contributed by atoms with van der Waals surface area (Å²) in [6, 6.07) is 8.60. The summed E-state index contributed by atoms with van der Waals surface area (Å²) in [5.41, 5.74) is 0.379.